The highest BCUT2D eigenvalue weighted by atomic mass is 79.9. The van der Waals surface area contributed by atoms with Crippen molar-refractivity contribution in [2.75, 3.05) is 0 Å². The van der Waals surface area contributed by atoms with Gasteiger partial charge in [0.05, 0.1) is 10.4 Å². The first kappa shape index (κ1) is 11.1. The highest BCUT2D eigenvalue weighted by molar-refractivity contribution is 9.10. The van der Waals surface area contributed by atoms with Crippen LogP contribution in [-0.4, -0.2) is 10.1 Å². The van der Waals surface area contributed by atoms with Gasteiger partial charge in [-0.25, -0.2) is 4.98 Å². The zero-order valence-electron chi connectivity index (χ0n) is 7.52. The van der Waals surface area contributed by atoms with E-state index in [0.29, 0.717) is 9.63 Å². The van der Waals surface area contributed by atoms with Gasteiger partial charge in [0.25, 0.3) is 0 Å². The van der Waals surface area contributed by atoms with Gasteiger partial charge in [0.15, 0.2) is 0 Å². The average Bonchev–Trinajstić information content (AvgIpc) is 2.65. The molecule has 1 heterocycles. The van der Waals surface area contributed by atoms with Crippen molar-refractivity contribution < 1.29 is 5.11 Å². The number of thiazole rings is 1. The summed E-state index contributed by atoms with van der Waals surface area (Å²) in [5.41, 5.74) is 2.50. The highest BCUT2D eigenvalue weighted by Crippen LogP contribution is 2.31. The minimum Gasteiger partial charge on any atom is -0.383 e. The molecular formula is C10H7BrClNOS. The van der Waals surface area contributed by atoms with Crippen LogP contribution in [0.15, 0.2) is 34.4 Å². The number of nitrogens with zero attached hydrogens (tertiary/aromatic N) is 1. The molecule has 1 aromatic carbocycles. The van der Waals surface area contributed by atoms with E-state index in [1.165, 1.54) is 11.3 Å². The maximum atomic E-state index is 10.0. The first-order chi connectivity index (χ1) is 7.18. The van der Waals surface area contributed by atoms with E-state index in [0.717, 1.165) is 10.4 Å². The van der Waals surface area contributed by atoms with Gasteiger partial charge in [-0.15, -0.1) is 11.3 Å². The van der Waals surface area contributed by atoms with Gasteiger partial charge in [-0.2, -0.15) is 0 Å². The molecule has 0 aliphatic heterocycles. The van der Waals surface area contributed by atoms with Crippen molar-refractivity contribution in [3.63, 3.8) is 0 Å². The van der Waals surface area contributed by atoms with Crippen molar-refractivity contribution in [2.45, 2.75) is 6.10 Å². The van der Waals surface area contributed by atoms with Gasteiger partial charge in [-0.1, -0.05) is 23.7 Å². The van der Waals surface area contributed by atoms with Gasteiger partial charge in [0, 0.05) is 5.02 Å². The quantitative estimate of drug-likeness (QED) is 0.919. The van der Waals surface area contributed by atoms with Crippen LogP contribution in [0.25, 0.3) is 0 Å². The summed E-state index contributed by atoms with van der Waals surface area (Å²) in [6.45, 7) is 0. The third kappa shape index (κ3) is 2.39. The minimum absolute atomic E-state index is 0.649. The van der Waals surface area contributed by atoms with E-state index < -0.39 is 6.10 Å². The van der Waals surface area contributed by atoms with Crippen LogP contribution in [0.4, 0.5) is 0 Å². The summed E-state index contributed by atoms with van der Waals surface area (Å²) in [7, 11) is 0. The topological polar surface area (TPSA) is 33.1 Å². The van der Waals surface area contributed by atoms with Crippen molar-refractivity contribution in [2.24, 2.45) is 0 Å². The largest absolute Gasteiger partial charge is 0.383 e. The Morgan fingerprint density at radius 1 is 1.33 bits per heavy atom. The Hall–Kier alpha value is -0.420. The SMILES string of the molecule is OC(c1ccc(Cl)cc1)c1scnc1Br. The molecule has 0 aliphatic rings. The number of aliphatic hydroxyl groups is 1. The number of hydrogen-bond donors (Lipinski definition) is 1. The Kier molecular flexibility index (Phi) is 3.41. The Balaban J connectivity index is 2.32. The van der Waals surface area contributed by atoms with Gasteiger partial charge < -0.3 is 5.11 Å². The normalized spacial score (nSPS) is 12.7. The van der Waals surface area contributed by atoms with Crippen molar-refractivity contribution in [3.05, 3.63) is 49.8 Å². The second-order valence-corrected chi connectivity index (χ2v) is 5.04. The van der Waals surface area contributed by atoms with Crippen molar-refractivity contribution in [1.29, 1.82) is 0 Å². The average molecular weight is 305 g/mol. The Bertz CT molecular complexity index is 457. The van der Waals surface area contributed by atoms with E-state index in [-0.39, 0.29) is 0 Å². The molecule has 0 spiro atoms. The molecule has 2 rings (SSSR count). The van der Waals surface area contributed by atoms with Crippen LogP contribution in [0.1, 0.15) is 16.5 Å². The van der Waals surface area contributed by atoms with Crippen molar-refractivity contribution >= 4 is 38.9 Å². The van der Waals surface area contributed by atoms with Gasteiger partial charge >= 0.3 is 0 Å². The number of aliphatic hydroxyl groups excluding tert-OH is 1. The number of benzene rings is 1. The Labute approximate surface area is 105 Å². The molecule has 0 saturated carbocycles. The third-order valence-corrected chi connectivity index (χ3v) is 4.01. The zero-order chi connectivity index (χ0) is 10.8. The maximum Gasteiger partial charge on any atom is 0.123 e. The molecule has 1 N–H and O–H groups in total. The molecule has 5 heteroatoms. The van der Waals surface area contributed by atoms with E-state index in [1.54, 1.807) is 29.8 Å². The Morgan fingerprint density at radius 3 is 2.53 bits per heavy atom. The molecular weight excluding hydrogens is 298 g/mol. The predicted molar refractivity (Wildman–Crippen MR) is 65.3 cm³/mol. The van der Waals surface area contributed by atoms with Crippen LogP contribution in [-0.2, 0) is 0 Å². The van der Waals surface area contributed by atoms with E-state index >= 15 is 0 Å². The fourth-order valence-electron chi connectivity index (χ4n) is 1.22. The summed E-state index contributed by atoms with van der Waals surface area (Å²) >= 11 is 10.5. The molecule has 2 aromatic rings. The van der Waals surface area contributed by atoms with Crippen LogP contribution in [0.3, 0.4) is 0 Å². The number of aromatic nitrogens is 1. The molecule has 0 saturated heterocycles. The molecule has 0 radical (unpaired) electrons. The number of rotatable bonds is 2. The molecule has 0 amide bonds. The van der Waals surface area contributed by atoms with Crippen molar-refractivity contribution in [3.8, 4) is 0 Å². The van der Waals surface area contributed by atoms with E-state index in [9.17, 15) is 5.11 Å². The van der Waals surface area contributed by atoms with Gasteiger partial charge in [-0.3, -0.25) is 0 Å². The van der Waals surface area contributed by atoms with E-state index in [1.807, 2.05) is 0 Å². The predicted octanol–water partition coefficient (Wildman–Crippen LogP) is 3.64. The van der Waals surface area contributed by atoms with Gasteiger partial charge in [0.2, 0.25) is 0 Å². The first-order valence-electron chi connectivity index (χ1n) is 4.21. The monoisotopic (exact) mass is 303 g/mol. The molecule has 1 unspecified atom stereocenters. The van der Waals surface area contributed by atoms with E-state index in [4.69, 9.17) is 11.6 Å². The lowest BCUT2D eigenvalue weighted by Crippen LogP contribution is -1.97. The minimum atomic E-state index is -0.649. The van der Waals surface area contributed by atoms with Crippen LogP contribution in [0, 0.1) is 0 Å². The molecule has 2 nitrogen and oxygen atoms in total. The smallest absolute Gasteiger partial charge is 0.123 e. The second-order valence-electron chi connectivity index (χ2n) is 2.96. The lowest BCUT2D eigenvalue weighted by molar-refractivity contribution is 0.223. The van der Waals surface area contributed by atoms with Crippen LogP contribution in [0.5, 0.6) is 0 Å². The van der Waals surface area contributed by atoms with Crippen LogP contribution < -0.4 is 0 Å². The summed E-state index contributed by atoms with van der Waals surface area (Å²) in [5, 5.41) is 10.7. The molecule has 0 aliphatic carbocycles. The van der Waals surface area contributed by atoms with Gasteiger partial charge in [0.1, 0.15) is 10.7 Å². The first-order valence-corrected chi connectivity index (χ1v) is 6.26. The standard InChI is InChI=1S/C10H7BrClNOS/c11-10-9(15-5-13-10)8(14)6-1-3-7(12)4-2-6/h1-5,8,14H. The molecule has 0 fully saturated rings. The molecule has 78 valence electrons. The summed E-state index contributed by atoms with van der Waals surface area (Å²) in [6.07, 6.45) is -0.649. The third-order valence-electron chi connectivity index (χ3n) is 1.98. The van der Waals surface area contributed by atoms with Crippen molar-refractivity contribution in [1.82, 2.24) is 4.98 Å². The summed E-state index contributed by atoms with van der Waals surface area (Å²) in [6, 6.07) is 7.13. The number of hydrogen-bond acceptors (Lipinski definition) is 3. The molecule has 0 bridgehead atoms. The molecule has 15 heavy (non-hydrogen) atoms. The van der Waals surface area contributed by atoms with Crippen LogP contribution in [0.2, 0.25) is 5.02 Å². The summed E-state index contributed by atoms with van der Waals surface area (Å²) in [4.78, 5) is 4.83. The van der Waals surface area contributed by atoms with Crippen LogP contribution >= 0.6 is 38.9 Å². The second kappa shape index (κ2) is 4.61. The zero-order valence-corrected chi connectivity index (χ0v) is 10.7. The van der Waals surface area contributed by atoms with Gasteiger partial charge in [-0.05, 0) is 33.6 Å². The number of halogens is 2. The fourth-order valence-corrected chi connectivity index (χ4v) is 2.76. The lowest BCUT2D eigenvalue weighted by Gasteiger charge is -2.08. The Morgan fingerprint density at radius 2 is 2.00 bits per heavy atom. The fraction of sp³-hybridized carbons (Fsp3) is 0.100. The maximum absolute atomic E-state index is 10.0. The molecule has 1 atom stereocenters. The van der Waals surface area contributed by atoms with E-state index in [2.05, 4.69) is 20.9 Å². The lowest BCUT2D eigenvalue weighted by atomic mass is 10.1. The summed E-state index contributed by atoms with van der Waals surface area (Å²) < 4.78 is 0.690. The highest BCUT2D eigenvalue weighted by Gasteiger charge is 2.15. The molecule has 1 aromatic heterocycles. The summed E-state index contributed by atoms with van der Waals surface area (Å²) in [5.74, 6) is 0.